The number of esters is 7. The average Bonchev–Trinajstić information content (AvgIpc) is 1.59. The van der Waals surface area contributed by atoms with Gasteiger partial charge in [0.25, 0.3) is 0 Å². The lowest BCUT2D eigenvalue weighted by Crippen LogP contribution is -2.38. The second-order valence-corrected chi connectivity index (χ2v) is 44.0. The molecule has 18 rings (SSSR count). The molecule has 0 radical (unpaired) electrons. The number of aryl methyl sites for hydroxylation is 9. The smallest absolute Gasteiger partial charge is 0.348 e. The van der Waals surface area contributed by atoms with Gasteiger partial charge in [-0.05, 0) is 345 Å². The van der Waals surface area contributed by atoms with E-state index in [0.717, 1.165) is 125 Å². The van der Waals surface area contributed by atoms with Gasteiger partial charge in [0.1, 0.15) is 62.1 Å². The highest BCUT2D eigenvalue weighted by atomic mass is 35.5. The van der Waals surface area contributed by atoms with Crippen molar-refractivity contribution in [2.24, 2.45) is 10.8 Å². The maximum Gasteiger partial charge on any atom is 0.348 e. The monoisotopic (exact) mass is 2130 g/mol. The van der Waals surface area contributed by atoms with Crippen molar-refractivity contribution in [3.05, 3.63) is 276 Å². The number of ether oxygens (including phenoxy) is 12. The van der Waals surface area contributed by atoms with E-state index in [1.165, 1.54) is 14.2 Å². The van der Waals surface area contributed by atoms with E-state index in [0.29, 0.717) is 158 Å². The molecule has 30 heteroatoms. The average molecular weight is 2130 g/mol. The second-order valence-electron chi connectivity index (χ2n) is 42.3. The number of carbonyl (C=O) groups excluding carboxylic acids is 7. The van der Waals surface area contributed by atoms with E-state index in [4.69, 9.17) is 108 Å². The van der Waals surface area contributed by atoms with E-state index in [1.807, 2.05) is 171 Å². The van der Waals surface area contributed by atoms with Crippen LogP contribution in [-0.4, -0.2) is 143 Å². The molecular formula is C120H135Cl4NO25. The maximum atomic E-state index is 12.9. The van der Waals surface area contributed by atoms with Crippen LogP contribution in [0.1, 0.15) is 261 Å². The highest BCUT2D eigenvalue weighted by Gasteiger charge is 2.57. The Bertz CT molecular complexity index is 6810. The van der Waals surface area contributed by atoms with Crippen molar-refractivity contribution in [1.82, 2.24) is 4.98 Å². The maximum absolute atomic E-state index is 12.9. The molecule has 0 amide bonds. The van der Waals surface area contributed by atoms with Gasteiger partial charge in [-0.15, -0.1) is 0 Å². The van der Waals surface area contributed by atoms with Crippen LogP contribution in [-0.2, 0) is 76.2 Å². The minimum absolute atomic E-state index is 0.0288. The Balaban J connectivity index is 0.000000150. The molecule has 2 aromatic heterocycles. The number of hydrogen-bond donors (Lipinski definition) is 4. The fraction of sp³-hybridized carbons (Fsp3) is 0.425. The number of nitrogens with zero attached hydrogens (tertiary/aromatic N) is 1. The molecule has 9 aromatic rings. The summed E-state index contributed by atoms with van der Waals surface area (Å²) in [5.74, 6) is -0.700. The largest absolute Gasteiger partial charge is 0.507 e. The van der Waals surface area contributed by atoms with Crippen LogP contribution >= 0.6 is 46.4 Å². The van der Waals surface area contributed by atoms with Gasteiger partial charge in [0.15, 0.2) is 62.6 Å². The van der Waals surface area contributed by atoms with Crippen molar-refractivity contribution in [2.75, 3.05) is 35.5 Å². The Morgan fingerprint density at radius 2 is 0.860 bits per heavy atom. The topological polar surface area (TPSA) is 354 Å². The summed E-state index contributed by atoms with van der Waals surface area (Å²) in [6.07, 6.45) is 15.5. The number of carbonyl (C=O) groups is 7. The summed E-state index contributed by atoms with van der Waals surface area (Å²) in [7, 11) is 7.96. The van der Waals surface area contributed by atoms with E-state index in [-0.39, 0.29) is 92.2 Å². The summed E-state index contributed by atoms with van der Waals surface area (Å²) in [5, 5.41) is 44.7. The Hall–Kier alpha value is -12.7. The molecule has 798 valence electrons. The molecule has 4 spiro atoms. The Kier molecular flexibility index (Phi) is 35.6. The molecule has 4 N–H and O–H groups in total. The van der Waals surface area contributed by atoms with Crippen LogP contribution in [0.2, 0.25) is 20.1 Å². The molecular weight excluding hydrogens is 2000 g/mol. The molecule has 0 saturated heterocycles. The second kappa shape index (κ2) is 46.6. The van der Waals surface area contributed by atoms with Gasteiger partial charge >= 0.3 is 47.4 Å². The molecule has 7 heterocycles. The fourth-order valence-corrected chi connectivity index (χ4v) is 22.0. The summed E-state index contributed by atoms with van der Waals surface area (Å²) in [6.45, 7) is 34.1. The minimum Gasteiger partial charge on any atom is -0.507 e. The lowest BCUT2D eigenvalue weighted by Gasteiger charge is -2.35. The van der Waals surface area contributed by atoms with Crippen LogP contribution in [0.4, 0.5) is 0 Å². The van der Waals surface area contributed by atoms with E-state index in [1.54, 1.807) is 96.8 Å². The number of aromatic nitrogens is 1. The molecule has 7 aromatic carbocycles. The number of benzene rings is 7. The molecule has 4 fully saturated rings. The van der Waals surface area contributed by atoms with Crippen LogP contribution in [0.3, 0.4) is 0 Å². The molecule has 0 atom stereocenters. The van der Waals surface area contributed by atoms with Crippen LogP contribution in [0.25, 0.3) is 61.6 Å². The first-order chi connectivity index (χ1) is 70.8. The first kappa shape index (κ1) is 114. The molecule has 4 aliphatic carbocycles. The summed E-state index contributed by atoms with van der Waals surface area (Å²) in [6, 6.07) is 38.7. The van der Waals surface area contributed by atoms with Crippen LogP contribution < -0.4 is 19.8 Å². The zero-order chi connectivity index (χ0) is 110. The third kappa shape index (κ3) is 24.2. The molecule has 4 saturated carbocycles. The van der Waals surface area contributed by atoms with Crippen molar-refractivity contribution in [3.8, 4) is 56.7 Å². The zero-order valence-corrected chi connectivity index (χ0v) is 92.6. The third-order valence-electron chi connectivity index (χ3n) is 29.2. The Morgan fingerprint density at radius 1 is 0.420 bits per heavy atom. The van der Waals surface area contributed by atoms with Crippen molar-refractivity contribution >= 4 is 116 Å². The van der Waals surface area contributed by atoms with Gasteiger partial charge < -0.3 is 81.7 Å². The standard InChI is InChI=1S/C23H30O4.C21H24Cl2O4.C20H19NO4.C19H17ClO3.C19H24O5.C18H21ClO5/c1-14-11-15(2)18(16(3)12-14)19-20(26-17(24)13-22(4,5)6)23(27-21(19)25)9-7-8-10-23;1-4-20(2,3)19(25)26-17-16(14-9-8-13(22)12-15(14)23)18(24)27-21(17)10-6-5-7-11-21;1-11-9-12(2)16(15(10-11)24-4)17-18(22)13(3)19(25-20(17)23)14-7-5-6-8-21-14;1-11-4-5-13(12-6-8-14(20)9-7-12)10-15(11)16-17(21)19(2,3)23-18(16)22;1-11-9-12(2)15(14(10-11)23-4)16-17(20)19(24-18(16)21)7-5-13(22-3)6-8-19;1-10-8-12(19)14(13(9-10)23-3)15-16(20)18(24-17(15)21)6-4-11(22-2)5-7-18/h11-12H,7-10,13H2,1-6H3;8-9,12H,4-7,10-11H2,1-3H3;5-10,22H,1-4H3;4-10,21H,1-3H3;9-10,13,20H,5-8H2,1-4H3;8-9,11,20H,4-7H2,1-3H3. The number of cyclic esters (lactones) is 1. The quantitative estimate of drug-likeness (QED) is 0.0458. The van der Waals surface area contributed by atoms with E-state index >= 15 is 0 Å². The van der Waals surface area contributed by atoms with Gasteiger partial charge in [-0.2, -0.15) is 0 Å². The van der Waals surface area contributed by atoms with E-state index in [9.17, 15) is 58.8 Å². The predicted molar refractivity (Wildman–Crippen MR) is 578 cm³/mol. The van der Waals surface area contributed by atoms with Gasteiger partial charge in [0.05, 0.1) is 61.0 Å². The molecule has 9 aliphatic rings. The van der Waals surface area contributed by atoms with Crippen LogP contribution in [0.15, 0.2) is 172 Å². The van der Waals surface area contributed by atoms with Crippen molar-refractivity contribution in [3.63, 3.8) is 0 Å². The summed E-state index contributed by atoms with van der Waals surface area (Å²) in [5.41, 5.74) is 10.5. The first-order valence-corrected chi connectivity index (χ1v) is 52.1. The normalized spacial score (nSPS) is 19.8. The highest BCUT2D eigenvalue weighted by Crippen LogP contribution is 2.56. The number of aliphatic hydroxyl groups excluding tert-OH is 3. The van der Waals surface area contributed by atoms with Gasteiger partial charge in [-0.25, -0.2) is 28.8 Å². The fourth-order valence-electron chi connectivity index (χ4n) is 21.0. The lowest BCUT2D eigenvalue weighted by molar-refractivity contribution is -0.160. The Labute approximate surface area is 896 Å². The van der Waals surface area contributed by atoms with E-state index < -0.39 is 62.9 Å². The van der Waals surface area contributed by atoms with Gasteiger partial charge in [0.2, 0.25) is 0 Å². The van der Waals surface area contributed by atoms with Crippen LogP contribution in [0, 0.1) is 80.1 Å². The Morgan fingerprint density at radius 3 is 1.34 bits per heavy atom. The molecule has 150 heavy (non-hydrogen) atoms. The number of aromatic hydroxyl groups is 1. The van der Waals surface area contributed by atoms with Crippen molar-refractivity contribution in [1.29, 1.82) is 0 Å². The lowest BCUT2D eigenvalue weighted by atomic mass is 9.81. The number of methoxy groups -OCH3 is 5. The van der Waals surface area contributed by atoms with Gasteiger partial charge in [-0.1, -0.05) is 147 Å². The number of rotatable bonds is 18. The van der Waals surface area contributed by atoms with Crippen molar-refractivity contribution < 1.29 is 115 Å². The van der Waals surface area contributed by atoms with Crippen molar-refractivity contribution in [2.45, 2.75) is 287 Å². The molecule has 0 unspecified atom stereocenters. The molecule has 0 bridgehead atoms. The highest BCUT2D eigenvalue weighted by molar-refractivity contribution is 6.38. The van der Waals surface area contributed by atoms with Crippen LogP contribution in [0.5, 0.6) is 23.0 Å². The third-order valence-corrected chi connectivity index (χ3v) is 30.3. The summed E-state index contributed by atoms with van der Waals surface area (Å²) >= 11 is 24.6. The summed E-state index contributed by atoms with van der Waals surface area (Å²) < 4.78 is 72.5. The SMILES string of the molecule is CCC(C)(C)C(=O)OC1=C(c2ccc(Cl)cc2Cl)C(=O)OC12CCCCC2.COc1cc(C)cc(C)c1-c1c(O)c(C)c(-c2ccccn2)oc1=O.COc1cc(C)cc(C)c1C1=C(O)C2(CCC(OC)CC2)OC1=O.COc1cc(C)cc(Cl)c1C1=C(O)C2(CCC(OC)CC2)OC1=O.Cc1cc(C)c(C2=C(OC(=O)CC(C)(C)C)C3(CCCC3)OC2=O)c(C)c1.Cc1ccc(-c2ccc(Cl)cc2)cc1C1=C(O)C(C)(C)OC1=O. The number of halogens is 4. The van der Waals surface area contributed by atoms with E-state index in [2.05, 4.69) is 17.1 Å². The number of aliphatic hydroxyl groups is 3. The predicted octanol–water partition coefficient (Wildman–Crippen LogP) is 27.3. The molecule has 5 aliphatic heterocycles. The zero-order valence-electron chi connectivity index (χ0n) is 89.6. The number of pyridine rings is 1. The number of hydrogen-bond acceptors (Lipinski definition) is 26. The first-order valence-electron chi connectivity index (χ1n) is 50.6. The van der Waals surface area contributed by atoms with Gasteiger partial charge in [-0.3, -0.25) is 14.6 Å². The summed E-state index contributed by atoms with van der Waals surface area (Å²) in [4.78, 5) is 105. The van der Waals surface area contributed by atoms with Gasteiger partial charge in [0, 0.05) is 52.7 Å². The molecule has 26 nitrogen and oxygen atoms in total. The minimum atomic E-state index is -0.991.